The number of nitro benzene ring substituents is 1. The summed E-state index contributed by atoms with van der Waals surface area (Å²) in [6, 6.07) is 3.24. The third kappa shape index (κ3) is 5.21. The molecule has 8 atom stereocenters. The van der Waals surface area contributed by atoms with Gasteiger partial charge < -0.3 is 25.5 Å². The molecule has 4 N–H and O–H groups in total. The quantitative estimate of drug-likeness (QED) is 0.259. The third-order valence-electron chi connectivity index (χ3n) is 11.2. The standard InChI is InChI=1S/C31H41N3O8/c1-29-12-9-20(16-19(29)7-8-22-23(29)10-13-30(2)24(22)11-14-31(30,3)39)33-42-17-25(35)32-26(28(37)38)27(36)18-5-4-6-21(15-18)34(40)41/h4-6,15-16,22-24,26-27,36,39H,7-14,17H2,1-3H3,(H,32,35)(H,37,38)/b33-20+/t22-,23?,24?,26?,27?,29+,30+,31+/m1/s1. The number of nitrogens with one attached hydrogen (secondary N) is 1. The largest absolute Gasteiger partial charge is 0.480 e. The molecule has 0 aromatic heterocycles. The first-order valence-electron chi connectivity index (χ1n) is 14.8. The molecule has 0 heterocycles. The van der Waals surface area contributed by atoms with E-state index in [1.807, 2.05) is 6.92 Å². The fraction of sp³-hybridized carbons (Fsp3) is 0.645. The highest BCUT2D eigenvalue weighted by molar-refractivity contribution is 5.96. The molecule has 4 aliphatic rings. The number of aliphatic hydroxyl groups excluding tert-OH is 1. The van der Waals surface area contributed by atoms with Crippen LogP contribution in [0.2, 0.25) is 0 Å². The zero-order chi connectivity index (χ0) is 30.4. The Balaban J connectivity index is 1.20. The van der Waals surface area contributed by atoms with Gasteiger partial charge in [-0.15, -0.1) is 0 Å². The number of aliphatic carboxylic acids is 1. The Morgan fingerprint density at radius 3 is 2.60 bits per heavy atom. The number of carbonyl (C=O) groups is 2. The second-order valence-electron chi connectivity index (χ2n) is 13.3. The van der Waals surface area contributed by atoms with Crippen LogP contribution in [0.4, 0.5) is 5.69 Å². The first-order chi connectivity index (χ1) is 19.8. The topological polar surface area (TPSA) is 172 Å². The summed E-state index contributed by atoms with van der Waals surface area (Å²) in [5.41, 5.74) is 1.25. The van der Waals surface area contributed by atoms with Crippen molar-refractivity contribution in [3.05, 3.63) is 51.6 Å². The molecule has 3 fully saturated rings. The van der Waals surface area contributed by atoms with E-state index in [1.54, 1.807) is 0 Å². The minimum absolute atomic E-state index is 0.00874. The number of carboxylic acid groups (broad SMARTS) is 1. The second kappa shape index (κ2) is 11.1. The van der Waals surface area contributed by atoms with Crippen LogP contribution >= 0.6 is 0 Å². The zero-order valence-corrected chi connectivity index (χ0v) is 24.4. The number of nitro groups is 1. The number of carbonyl (C=O) groups excluding carboxylic acids is 1. The number of allylic oxidation sites excluding steroid dienone is 2. The van der Waals surface area contributed by atoms with Crippen molar-refractivity contribution in [1.29, 1.82) is 0 Å². The fourth-order valence-electron chi connectivity index (χ4n) is 8.57. The van der Waals surface area contributed by atoms with E-state index in [1.165, 1.54) is 23.8 Å². The maximum absolute atomic E-state index is 12.5. The summed E-state index contributed by atoms with van der Waals surface area (Å²) in [5, 5.41) is 48.7. The van der Waals surface area contributed by atoms with Crippen molar-refractivity contribution in [3.63, 3.8) is 0 Å². The number of hydrogen-bond acceptors (Lipinski definition) is 8. The zero-order valence-electron chi connectivity index (χ0n) is 24.4. The average molecular weight is 584 g/mol. The molecule has 1 aromatic carbocycles. The molecule has 4 aliphatic carbocycles. The Morgan fingerprint density at radius 2 is 1.88 bits per heavy atom. The molecule has 1 aromatic rings. The summed E-state index contributed by atoms with van der Waals surface area (Å²) >= 11 is 0. The van der Waals surface area contributed by atoms with Crippen molar-refractivity contribution in [3.8, 4) is 0 Å². The Labute approximate surface area is 245 Å². The molecule has 1 amide bonds. The molecule has 5 rings (SSSR count). The van der Waals surface area contributed by atoms with Crippen LogP contribution in [0.25, 0.3) is 0 Å². The molecule has 0 spiro atoms. The smallest absolute Gasteiger partial charge is 0.329 e. The van der Waals surface area contributed by atoms with E-state index >= 15 is 0 Å². The van der Waals surface area contributed by atoms with E-state index in [0.29, 0.717) is 24.2 Å². The molecule has 11 nitrogen and oxygen atoms in total. The number of amides is 1. The number of aliphatic hydroxyl groups is 2. The van der Waals surface area contributed by atoms with Crippen molar-refractivity contribution in [2.75, 3.05) is 6.61 Å². The van der Waals surface area contributed by atoms with Gasteiger partial charge in [0.15, 0.2) is 12.6 Å². The molecule has 0 aliphatic heterocycles. The van der Waals surface area contributed by atoms with E-state index in [-0.39, 0.29) is 22.1 Å². The van der Waals surface area contributed by atoms with E-state index in [9.17, 15) is 35.0 Å². The van der Waals surface area contributed by atoms with Gasteiger partial charge in [-0.05, 0) is 98.5 Å². The van der Waals surface area contributed by atoms with Gasteiger partial charge in [0, 0.05) is 12.1 Å². The molecule has 42 heavy (non-hydrogen) atoms. The van der Waals surface area contributed by atoms with Crippen LogP contribution < -0.4 is 5.32 Å². The van der Waals surface area contributed by atoms with Crippen LogP contribution in [-0.4, -0.2) is 56.1 Å². The summed E-state index contributed by atoms with van der Waals surface area (Å²) in [7, 11) is 0. The Hall–Kier alpha value is -3.31. The van der Waals surface area contributed by atoms with Crippen molar-refractivity contribution in [1.82, 2.24) is 5.32 Å². The highest BCUT2D eigenvalue weighted by atomic mass is 16.6. The van der Waals surface area contributed by atoms with E-state index in [2.05, 4.69) is 30.4 Å². The molecular formula is C31H41N3O8. The molecule has 228 valence electrons. The van der Waals surface area contributed by atoms with Crippen molar-refractivity contribution < 1.29 is 34.7 Å². The number of rotatable bonds is 8. The van der Waals surface area contributed by atoms with Gasteiger partial charge in [0.1, 0.15) is 6.10 Å². The van der Waals surface area contributed by atoms with Crippen LogP contribution in [0.15, 0.2) is 41.1 Å². The van der Waals surface area contributed by atoms with Crippen molar-refractivity contribution in [2.45, 2.75) is 89.9 Å². The van der Waals surface area contributed by atoms with Crippen LogP contribution in [-0.2, 0) is 14.4 Å². The van der Waals surface area contributed by atoms with Crippen molar-refractivity contribution >= 4 is 23.3 Å². The normalized spacial score (nSPS) is 36.1. The van der Waals surface area contributed by atoms with Gasteiger partial charge in [0.05, 0.1) is 16.2 Å². The van der Waals surface area contributed by atoms with Crippen LogP contribution in [0.3, 0.4) is 0 Å². The lowest BCUT2D eigenvalue weighted by atomic mass is 9.46. The van der Waals surface area contributed by atoms with Gasteiger partial charge in [-0.25, -0.2) is 4.79 Å². The summed E-state index contributed by atoms with van der Waals surface area (Å²) in [5.74, 6) is -0.555. The SMILES string of the molecule is C[C@]12CC/C(=N\OCC(=O)NC(C(=O)O)C(O)c3cccc([N+](=O)[O-])c3)C=C1CC[C@@H]1C2CC[C@@]2(C)C1CC[C@]2(C)O. The summed E-state index contributed by atoms with van der Waals surface area (Å²) in [4.78, 5) is 39.9. The Morgan fingerprint density at radius 1 is 1.14 bits per heavy atom. The van der Waals surface area contributed by atoms with Gasteiger partial charge >= 0.3 is 5.97 Å². The predicted octanol–water partition coefficient (Wildman–Crippen LogP) is 4.28. The number of carboxylic acids is 1. The number of fused-ring (bicyclic) bond motifs is 5. The molecule has 4 unspecified atom stereocenters. The second-order valence-corrected chi connectivity index (χ2v) is 13.3. The van der Waals surface area contributed by atoms with Gasteiger partial charge in [0.25, 0.3) is 11.6 Å². The lowest BCUT2D eigenvalue weighted by molar-refractivity contribution is -0.385. The number of benzene rings is 1. The first-order valence-corrected chi connectivity index (χ1v) is 14.8. The van der Waals surface area contributed by atoms with E-state index in [0.717, 1.165) is 56.7 Å². The number of oxime groups is 1. The van der Waals surface area contributed by atoms with Gasteiger partial charge in [-0.2, -0.15) is 0 Å². The first kappa shape index (κ1) is 30.2. The monoisotopic (exact) mass is 583 g/mol. The lowest BCUT2D eigenvalue weighted by Crippen LogP contribution is -2.53. The molecule has 0 saturated heterocycles. The Kier molecular flexibility index (Phi) is 7.95. The third-order valence-corrected chi connectivity index (χ3v) is 11.2. The van der Waals surface area contributed by atoms with Crippen molar-refractivity contribution in [2.24, 2.45) is 33.7 Å². The lowest BCUT2D eigenvalue weighted by Gasteiger charge is -2.59. The molecule has 0 radical (unpaired) electrons. The predicted molar refractivity (Wildman–Crippen MR) is 153 cm³/mol. The molecule has 0 bridgehead atoms. The number of nitrogens with zero attached hydrogens (tertiary/aromatic N) is 2. The highest BCUT2D eigenvalue weighted by Gasteiger charge is 2.62. The summed E-state index contributed by atoms with van der Waals surface area (Å²) < 4.78 is 0. The number of non-ortho nitro benzene ring substituents is 1. The summed E-state index contributed by atoms with van der Waals surface area (Å²) in [6.07, 6.45) is 8.22. The van der Waals surface area contributed by atoms with Gasteiger partial charge in [-0.1, -0.05) is 36.7 Å². The number of hydrogen-bond donors (Lipinski definition) is 4. The van der Waals surface area contributed by atoms with Gasteiger partial charge in [-0.3, -0.25) is 14.9 Å². The maximum atomic E-state index is 12.5. The Bertz CT molecular complexity index is 1320. The van der Waals surface area contributed by atoms with Crippen LogP contribution in [0, 0.1) is 38.7 Å². The molecular weight excluding hydrogens is 542 g/mol. The fourth-order valence-corrected chi connectivity index (χ4v) is 8.57. The van der Waals surface area contributed by atoms with Gasteiger partial charge in [0.2, 0.25) is 0 Å². The minimum atomic E-state index is -1.73. The van der Waals surface area contributed by atoms with E-state index < -0.39 is 41.2 Å². The average Bonchev–Trinajstić information content (AvgIpc) is 3.19. The van der Waals surface area contributed by atoms with Crippen LogP contribution in [0.1, 0.15) is 83.8 Å². The maximum Gasteiger partial charge on any atom is 0.329 e. The van der Waals surface area contributed by atoms with E-state index in [4.69, 9.17) is 4.84 Å². The molecule has 3 saturated carbocycles. The summed E-state index contributed by atoms with van der Waals surface area (Å²) in [6.45, 7) is 6.14. The molecule has 11 heteroatoms. The minimum Gasteiger partial charge on any atom is -0.480 e. The van der Waals surface area contributed by atoms with Crippen LogP contribution in [0.5, 0.6) is 0 Å². The highest BCUT2D eigenvalue weighted by Crippen LogP contribution is 2.67.